The molecule has 0 bridgehead atoms. The summed E-state index contributed by atoms with van der Waals surface area (Å²) < 4.78 is 5.70. The molecule has 1 aromatic carbocycles. The first-order valence-electron chi connectivity index (χ1n) is 13.2. The number of thiophene rings is 1. The Kier molecular flexibility index (Phi) is 8.17. The Hall–Kier alpha value is -3.00. The van der Waals surface area contributed by atoms with E-state index in [9.17, 15) is 19.5 Å². The number of carboxylic acids is 1. The predicted octanol–water partition coefficient (Wildman–Crippen LogP) is 6.20. The molecule has 0 fully saturated rings. The van der Waals surface area contributed by atoms with Crippen molar-refractivity contribution in [3.63, 3.8) is 0 Å². The third kappa shape index (κ3) is 5.79. The number of amides is 1. The van der Waals surface area contributed by atoms with Gasteiger partial charge in [0.2, 0.25) is 11.8 Å². The van der Waals surface area contributed by atoms with Crippen molar-refractivity contribution in [3.05, 3.63) is 50.7 Å². The maximum absolute atomic E-state index is 13.3. The van der Waals surface area contributed by atoms with E-state index < -0.39 is 11.4 Å². The van der Waals surface area contributed by atoms with Crippen molar-refractivity contribution in [1.82, 2.24) is 9.88 Å². The van der Waals surface area contributed by atoms with Crippen molar-refractivity contribution < 1.29 is 19.1 Å². The standard InChI is InChI=1S/C29H36N2O5S/c1-5-20(6-2)31(23(32)14-15-29(3,4)28(34)35)17-18-10-9-11-19(16-18)25-30-26-24(27(33)36-25)21-12-7-8-13-22(21)37-26/h9-11,16,20H,5-8,12-15,17H2,1-4H3,(H,34,35). The molecule has 1 aliphatic carbocycles. The topological polar surface area (TPSA) is 101 Å². The first-order valence-corrected chi connectivity index (χ1v) is 14.0. The molecule has 37 heavy (non-hydrogen) atoms. The SMILES string of the molecule is CCC(CC)N(Cc1cccc(-c2nc3sc4c(c3c(=O)o2)CCCC4)c1)C(=O)CCC(C)(C)C(=O)O. The number of hydrogen-bond acceptors (Lipinski definition) is 6. The molecule has 0 spiro atoms. The van der Waals surface area contributed by atoms with Gasteiger partial charge in [0.15, 0.2) is 0 Å². The lowest BCUT2D eigenvalue weighted by molar-refractivity contribution is -0.148. The summed E-state index contributed by atoms with van der Waals surface area (Å²) in [6.07, 6.45) is 6.18. The van der Waals surface area contributed by atoms with Crippen LogP contribution in [0.2, 0.25) is 0 Å². The van der Waals surface area contributed by atoms with E-state index in [1.165, 1.54) is 4.88 Å². The monoisotopic (exact) mass is 524 g/mol. The second-order valence-electron chi connectivity index (χ2n) is 10.6. The van der Waals surface area contributed by atoms with Gasteiger partial charge in [-0.3, -0.25) is 9.59 Å². The summed E-state index contributed by atoms with van der Waals surface area (Å²) in [7, 11) is 0. The summed E-state index contributed by atoms with van der Waals surface area (Å²) >= 11 is 1.59. The lowest BCUT2D eigenvalue weighted by Gasteiger charge is -2.32. The number of rotatable bonds is 10. The van der Waals surface area contributed by atoms with Gasteiger partial charge in [-0.2, -0.15) is 0 Å². The van der Waals surface area contributed by atoms with E-state index in [1.54, 1.807) is 25.2 Å². The van der Waals surface area contributed by atoms with Crippen molar-refractivity contribution in [2.75, 3.05) is 0 Å². The van der Waals surface area contributed by atoms with Gasteiger partial charge in [0, 0.05) is 29.4 Å². The van der Waals surface area contributed by atoms with Crippen LogP contribution in [0.15, 0.2) is 33.5 Å². The first-order chi connectivity index (χ1) is 17.6. The minimum atomic E-state index is -0.960. The van der Waals surface area contributed by atoms with E-state index in [2.05, 4.69) is 13.8 Å². The van der Waals surface area contributed by atoms with Crippen molar-refractivity contribution in [2.45, 2.75) is 91.6 Å². The summed E-state index contributed by atoms with van der Waals surface area (Å²) in [4.78, 5) is 46.3. The van der Waals surface area contributed by atoms with Crippen LogP contribution in [-0.2, 0) is 29.0 Å². The third-order valence-corrected chi connectivity index (χ3v) is 8.71. The van der Waals surface area contributed by atoms with Crippen LogP contribution in [0.4, 0.5) is 0 Å². The van der Waals surface area contributed by atoms with E-state index in [0.29, 0.717) is 23.4 Å². The van der Waals surface area contributed by atoms with Gasteiger partial charge in [-0.1, -0.05) is 26.0 Å². The van der Waals surface area contributed by atoms with E-state index in [0.717, 1.165) is 54.5 Å². The second-order valence-corrected chi connectivity index (χ2v) is 11.7. The highest BCUT2D eigenvalue weighted by atomic mass is 32.1. The fraction of sp³-hybridized carbons (Fsp3) is 0.517. The third-order valence-electron chi connectivity index (χ3n) is 7.52. The highest BCUT2D eigenvalue weighted by Gasteiger charge is 2.30. The van der Waals surface area contributed by atoms with Crippen LogP contribution in [-0.4, -0.2) is 32.9 Å². The van der Waals surface area contributed by atoms with Crippen molar-refractivity contribution >= 4 is 33.4 Å². The number of aliphatic carboxylic acids is 1. The largest absolute Gasteiger partial charge is 0.481 e. The van der Waals surface area contributed by atoms with Crippen LogP contribution in [0, 0.1) is 5.41 Å². The number of hydrogen-bond donors (Lipinski definition) is 1. The minimum Gasteiger partial charge on any atom is -0.481 e. The van der Waals surface area contributed by atoms with Crippen molar-refractivity contribution in [3.8, 4) is 11.5 Å². The summed E-state index contributed by atoms with van der Waals surface area (Å²) in [5.74, 6) is -0.662. The molecule has 1 amide bonds. The first kappa shape index (κ1) is 27.0. The molecule has 2 aromatic heterocycles. The van der Waals surface area contributed by atoms with Crippen molar-refractivity contribution in [2.24, 2.45) is 5.41 Å². The van der Waals surface area contributed by atoms with Gasteiger partial charge in [0.25, 0.3) is 0 Å². The van der Waals surface area contributed by atoms with Gasteiger partial charge in [-0.15, -0.1) is 11.3 Å². The molecule has 0 unspecified atom stereocenters. The normalized spacial score (nSPS) is 13.6. The zero-order valence-corrected chi connectivity index (χ0v) is 23.0. The Bertz CT molecular complexity index is 1350. The highest BCUT2D eigenvalue weighted by molar-refractivity contribution is 7.18. The van der Waals surface area contributed by atoms with Gasteiger partial charge in [0.1, 0.15) is 10.2 Å². The molecule has 0 atom stereocenters. The average Bonchev–Trinajstić information content (AvgIpc) is 3.26. The fourth-order valence-electron chi connectivity index (χ4n) is 5.04. The quantitative estimate of drug-likeness (QED) is 0.339. The van der Waals surface area contributed by atoms with Gasteiger partial charge in [0.05, 0.1) is 5.41 Å². The Morgan fingerprint density at radius 3 is 2.62 bits per heavy atom. The average molecular weight is 525 g/mol. The zero-order valence-electron chi connectivity index (χ0n) is 22.1. The van der Waals surface area contributed by atoms with Gasteiger partial charge in [-0.05, 0) is 82.1 Å². The fourth-order valence-corrected chi connectivity index (χ4v) is 6.28. The Morgan fingerprint density at radius 1 is 1.19 bits per heavy atom. The molecular formula is C29H36N2O5S. The Labute approximate surface area is 221 Å². The van der Waals surface area contributed by atoms with Crippen LogP contribution in [0.1, 0.15) is 82.2 Å². The van der Waals surface area contributed by atoms with Crippen LogP contribution in [0.25, 0.3) is 21.7 Å². The lowest BCUT2D eigenvalue weighted by atomic mass is 9.87. The molecule has 0 saturated carbocycles. The Morgan fingerprint density at radius 2 is 1.92 bits per heavy atom. The molecule has 1 N–H and O–H groups in total. The number of benzene rings is 1. The molecule has 198 valence electrons. The zero-order chi connectivity index (χ0) is 26.7. The molecule has 0 saturated heterocycles. The number of carbonyl (C=O) groups excluding carboxylic acids is 1. The smallest absolute Gasteiger partial charge is 0.348 e. The summed E-state index contributed by atoms with van der Waals surface area (Å²) in [6.45, 7) is 7.80. The molecule has 0 radical (unpaired) electrons. The lowest BCUT2D eigenvalue weighted by Crippen LogP contribution is -2.40. The molecule has 0 aliphatic heterocycles. The number of fused-ring (bicyclic) bond motifs is 3. The van der Waals surface area contributed by atoms with Crippen molar-refractivity contribution in [1.29, 1.82) is 0 Å². The summed E-state index contributed by atoms with van der Waals surface area (Å²) in [6, 6.07) is 7.68. The molecule has 3 aromatic rings. The van der Waals surface area contributed by atoms with E-state index in [1.807, 2.05) is 29.2 Å². The van der Waals surface area contributed by atoms with Crippen LogP contribution in [0.5, 0.6) is 0 Å². The predicted molar refractivity (Wildman–Crippen MR) is 146 cm³/mol. The van der Waals surface area contributed by atoms with Gasteiger partial charge < -0.3 is 14.4 Å². The number of aromatic nitrogens is 1. The van der Waals surface area contributed by atoms with E-state index >= 15 is 0 Å². The molecule has 4 rings (SSSR count). The van der Waals surface area contributed by atoms with E-state index in [4.69, 9.17) is 9.40 Å². The summed E-state index contributed by atoms with van der Waals surface area (Å²) in [5.41, 5.74) is 1.42. The number of carbonyl (C=O) groups is 2. The highest BCUT2D eigenvalue weighted by Crippen LogP contribution is 2.35. The maximum Gasteiger partial charge on any atom is 0.348 e. The molecule has 1 aliphatic rings. The molecule has 2 heterocycles. The molecular weight excluding hydrogens is 488 g/mol. The Balaban J connectivity index is 1.60. The summed E-state index contributed by atoms with van der Waals surface area (Å²) in [5, 5.41) is 10.1. The number of carboxylic acid groups (broad SMARTS) is 1. The van der Waals surface area contributed by atoms with Gasteiger partial charge in [-0.25, -0.2) is 9.78 Å². The maximum atomic E-state index is 13.3. The molecule has 7 nitrogen and oxygen atoms in total. The molecule has 8 heteroatoms. The number of nitrogens with zero attached hydrogens (tertiary/aromatic N) is 2. The van der Waals surface area contributed by atoms with Gasteiger partial charge >= 0.3 is 11.6 Å². The van der Waals surface area contributed by atoms with Crippen LogP contribution >= 0.6 is 11.3 Å². The number of aryl methyl sites for hydroxylation is 2. The van der Waals surface area contributed by atoms with E-state index in [-0.39, 0.29) is 30.4 Å². The van der Waals surface area contributed by atoms with Crippen LogP contribution < -0.4 is 5.63 Å². The van der Waals surface area contributed by atoms with Crippen LogP contribution in [0.3, 0.4) is 0 Å². The minimum absolute atomic E-state index is 0.0499. The second kappa shape index (κ2) is 11.2.